The minimum atomic E-state index is 0.00272. The molecular weight excluding hydrogens is 366 g/mol. The van der Waals surface area contributed by atoms with Crippen molar-refractivity contribution in [3.05, 3.63) is 112 Å². The molecule has 1 heterocycles. The number of allylic oxidation sites excluding steroid dienone is 1. The van der Waals surface area contributed by atoms with Gasteiger partial charge in [0.1, 0.15) is 0 Å². The largest absolute Gasteiger partial charge is 0.340 e. The number of ketones is 1. The first-order chi connectivity index (χ1) is 13.6. The fraction of sp³-hybridized carbons (Fsp3) is 0.0800. The molecule has 0 N–H and O–H groups in total. The van der Waals surface area contributed by atoms with E-state index < -0.39 is 0 Å². The van der Waals surface area contributed by atoms with Gasteiger partial charge in [-0.15, -0.1) is 0 Å². The maximum absolute atomic E-state index is 12.5. The summed E-state index contributed by atoms with van der Waals surface area (Å²) in [6.45, 7) is 2.77. The highest BCUT2D eigenvalue weighted by Gasteiger charge is 2.13. The maximum atomic E-state index is 12.5. The minimum Gasteiger partial charge on any atom is -0.340 e. The van der Waals surface area contributed by atoms with Crippen molar-refractivity contribution >= 4 is 34.4 Å². The minimum absolute atomic E-state index is 0.00272. The molecule has 0 aliphatic rings. The first kappa shape index (κ1) is 18.3. The van der Waals surface area contributed by atoms with Crippen molar-refractivity contribution in [1.82, 2.24) is 4.57 Å². The van der Waals surface area contributed by atoms with Crippen LogP contribution in [0.2, 0.25) is 5.02 Å². The average Bonchev–Trinajstić information content (AvgIpc) is 3.00. The molecule has 0 bridgehead atoms. The quantitative estimate of drug-likeness (QED) is 0.282. The Morgan fingerprint density at radius 3 is 2.39 bits per heavy atom. The third-order valence-corrected chi connectivity index (χ3v) is 5.39. The number of rotatable bonds is 5. The molecule has 0 radical (unpaired) electrons. The molecule has 4 aromatic rings. The molecule has 0 unspecified atom stereocenters. The summed E-state index contributed by atoms with van der Waals surface area (Å²) >= 11 is 6.38. The Bertz CT molecular complexity index is 1170. The van der Waals surface area contributed by atoms with Crippen LogP contribution in [0.4, 0.5) is 0 Å². The van der Waals surface area contributed by atoms with Gasteiger partial charge in [-0.2, -0.15) is 0 Å². The Morgan fingerprint density at radius 2 is 1.61 bits per heavy atom. The summed E-state index contributed by atoms with van der Waals surface area (Å²) in [7, 11) is 0. The van der Waals surface area contributed by atoms with Gasteiger partial charge < -0.3 is 4.57 Å². The van der Waals surface area contributed by atoms with E-state index in [9.17, 15) is 4.79 Å². The number of nitrogens with zero attached hydrogens (tertiary/aromatic N) is 1. The summed E-state index contributed by atoms with van der Waals surface area (Å²) in [6, 6.07) is 25.5. The second kappa shape index (κ2) is 7.87. The number of carbonyl (C=O) groups excluding carboxylic acids is 1. The average molecular weight is 386 g/mol. The van der Waals surface area contributed by atoms with E-state index in [1.54, 1.807) is 6.08 Å². The van der Waals surface area contributed by atoms with Crippen molar-refractivity contribution in [2.75, 3.05) is 0 Å². The molecule has 28 heavy (non-hydrogen) atoms. The summed E-state index contributed by atoms with van der Waals surface area (Å²) in [4.78, 5) is 12.5. The van der Waals surface area contributed by atoms with Crippen LogP contribution in [0.25, 0.3) is 17.0 Å². The van der Waals surface area contributed by atoms with Crippen LogP contribution in [-0.2, 0) is 6.54 Å². The highest BCUT2D eigenvalue weighted by molar-refractivity contribution is 6.31. The van der Waals surface area contributed by atoms with Gasteiger partial charge in [0.05, 0.1) is 0 Å². The van der Waals surface area contributed by atoms with E-state index in [0.717, 1.165) is 32.7 Å². The lowest BCUT2D eigenvalue weighted by Gasteiger charge is -2.10. The van der Waals surface area contributed by atoms with Crippen LogP contribution in [0.3, 0.4) is 0 Å². The van der Waals surface area contributed by atoms with E-state index in [4.69, 9.17) is 11.6 Å². The lowest BCUT2D eigenvalue weighted by molar-refractivity contribution is 0.104. The van der Waals surface area contributed by atoms with E-state index in [1.807, 2.05) is 72.8 Å². The summed E-state index contributed by atoms with van der Waals surface area (Å²) in [6.07, 6.45) is 3.58. The molecule has 0 spiro atoms. The number of carbonyl (C=O) groups is 1. The molecule has 0 amide bonds. The maximum Gasteiger partial charge on any atom is 0.185 e. The van der Waals surface area contributed by atoms with Gasteiger partial charge in [0.2, 0.25) is 0 Å². The van der Waals surface area contributed by atoms with Gasteiger partial charge in [-0.1, -0.05) is 78.3 Å². The summed E-state index contributed by atoms with van der Waals surface area (Å²) < 4.78 is 2.25. The molecule has 2 nitrogen and oxygen atoms in total. The molecule has 0 atom stereocenters. The fourth-order valence-corrected chi connectivity index (χ4v) is 3.72. The van der Waals surface area contributed by atoms with Crippen molar-refractivity contribution in [2.24, 2.45) is 0 Å². The third-order valence-electron chi connectivity index (χ3n) is 5.03. The van der Waals surface area contributed by atoms with Crippen LogP contribution in [0, 0.1) is 6.92 Å². The topological polar surface area (TPSA) is 22.0 Å². The van der Waals surface area contributed by atoms with Gasteiger partial charge in [0, 0.05) is 39.3 Å². The predicted octanol–water partition coefficient (Wildman–Crippen LogP) is 6.55. The van der Waals surface area contributed by atoms with Crippen molar-refractivity contribution in [3.63, 3.8) is 0 Å². The summed E-state index contributed by atoms with van der Waals surface area (Å²) in [5.74, 6) is 0.00272. The van der Waals surface area contributed by atoms with Crippen molar-refractivity contribution in [3.8, 4) is 0 Å². The van der Waals surface area contributed by atoms with Crippen LogP contribution in [-0.4, -0.2) is 10.4 Å². The number of aromatic nitrogens is 1. The predicted molar refractivity (Wildman–Crippen MR) is 117 cm³/mol. The summed E-state index contributed by atoms with van der Waals surface area (Å²) in [5, 5.41) is 1.89. The zero-order valence-corrected chi connectivity index (χ0v) is 16.4. The Morgan fingerprint density at radius 1 is 0.929 bits per heavy atom. The van der Waals surface area contributed by atoms with Crippen LogP contribution in [0.5, 0.6) is 0 Å². The Hall–Kier alpha value is -3.10. The molecule has 1 aromatic heterocycles. The molecule has 3 aromatic carbocycles. The van der Waals surface area contributed by atoms with Gasteiger partial charge in [-0.3, -0.25) is 4.79 Å². The number of hydrogen-bond donors (Lipinski definition) is 0. The van der Waals surface area contributed by atoms with Crippen molar-refractivity contribution in [1.29, 1.82) is 0 Å². The van der Waals surface area contributed by atoms with Crippen LogP contribution in [0.1, 0.15) is 27.2 Å². The number of benzene rings is 3. The highest BCUT2D eigenvalue weighted by Crippen LogP contribution is 2.29. The number of para-hydroxylation sites is 1. The third kappa shape index (κ3) is 3.51. The second-order valence-electron chi connectivity index (χ2n) is 6.76. The first-order valence-electron chi connectivity index (χ1n) is 9.24. The van der Waals surface area contributed by atoms with Gasteiger partial charge in [0.25, 0.3) is 0 Å². The highest BCUT2D eigenvalue weighted by atomic mass is 35.5. The smallest absolute Gasteiger partial charge is 0.185 e. The Balaban J connectivity index is 1.75. The monoisotopic (exact) mass is 385 g/mol. The zero-order chi connectivity index (χ0) is 19.5. The Kier molecular flexibility index (Phi) is 5.14. The molecule has 0 aliphatic heterocycles. The van der Waals surface area contributed by atoms with E-state index in [0.29, 0.717) is 12.1 Å². The van der Waals surface area contributed by atoms with Crippen LogP contribution >= 0.6 is 11.6 Å². The van der Waals surface area contributed by atoms with E-state index in [-0.39, 0.29) is 5.78 Å². The lowest BCUT2D eigenvalue weighted by Crippen LogP contribution is -2.02. The molecule has 0 saturated carbocycles. The van der Waals surface area contributed by atoms with Crippen molar-refractivity contribution in [2.45, 2.75) is 13.5 Å². The molecule has 4 rings (SSSR count). The molecule has 0 aliphatic carbocycles. The van der Waals surface area contributed by atoms with E-state index in [1.165, 1.54) is 0 Å². The molecule has 138 valence electrons. The number of halogens is 1. The second-order valence-corrected chi connectivity index (χ2v) is 7.16. The zero-order valence-electron chi connectivity index (χ0n) is 15.6. The molecule has 0 saturated heterocycles. The van der Waals surface area contributed by atoms with Crippen molar-refractivity contribution < 1.29 is 4.79 Å². The van der Waals surface area contributed by atoms with Gasteiger partial charge in [-0.05, 0) is 36.8 Å². The molecular formula is C25H20ClNO. The fourth-order valence-electron chi connectivity index (χ4n) is 3.53. The SMILES string of the molecule is Cc1c(/C=C/C(=O)c2ccccc2)c2ccccc2n1Cc1ccccc1Cl. The van der Waals surface area contributed by atoms with E-state index in [2.05, 4.69) is 23.6 Å². The normalized spacial score (nSPS) is 11.4. The molecule has 0 fully saturated rings. The lowest BCUT2D eigenvalue weighted by atomic mass is 10.1. The van der Waals surface area contributed by atoms with Gasteiger partial charge in [0.15, 0.2) is 5.78 Å². The van der Waals surface area contributed by atoms with Crippen LogP contribution < -0.4 is 0 Å². The number of hydrogen-bond acceptors (Lipinski definition) is 1. The Labute approximate surface area is 169 Å². The standard InChI is InChI=1S/C25H20ClNO/c1-18-21(15-16-25(28)19-9-3-2-4-10-19)22-12-6-8-14-24(22)27(18)17-20-11-5-7-13-23(20)26/h2-16H,17H2,1H3/b16-15+. The van der Waals surface area contributed by atoms with E-state index >= 15 is 0 Å². The first-order valence-corrected chi connectivity index (χ1v) is 9.61. The molecule has 3 heteroatoms. The summed E-state index contributed by atoms with van der Waals surface area (Å²) in [5.41, 5.74) is 5.07. The van der Waals surface area contributed by atoms with Gasteiger partial charge in [-0.25, -0.2) is 0 Å². The van der Waals surface area contributed by atoms with Gasteiger partial charge >= 0.3 is 0 Å². The van der Waals surface area contributed by atoms with Crippen LogP contribution in [0.15, 0.2) is 84.9 Å². The number of fused-ring (bicyclic) bond motifs is 1.